The fraction of sp³-hybridized carbons (Fsp3) is 0.680. The lowest BCUT2D eigenvalue weighted by molar-refractivity contribution is -0.120. The first kappa shape index (κ1) is 29.2. The molecule has 5 nitrogen and oxygen atoms in total. The molecule has 0 fully saturated rings. The van der Waals surface area contributed by atoms with E-state index in [0.717, 1.165) is 19.3 Å². The summed E-state index contributed by atoms with van der Waals surface area (Å²) in [5.41, 5.74) is 0.0272. The van der Waals surface area contributed by atoms with Crippen LogP contribution in [0, 0.1) is 3.57 Å². The summed E-state index contributed by atoms with van der Waals surface area (Å²) in [5.74, 6) is -1.01. The van der Waals surface area contributed by atoms with Gasteiger partial charge in [-0.25, -0.2) is 6.14 Å². The Morgan fingerprint density at radius 1 is 0.781 bits per heavy atom. The highest BCUT2D eigenvalue weighted by Crippen LogP contribution is 2.25. The van der Waals surface area contributed by atoms with Crippen molar-refractivity contribution < 1.29 is 15.7 Å². The van der Waals surface area contributed by atoms with Gasteiger partial charge < -0.3 is 0 Å². The average Bonchev–Trinajstić information content (AvgIpc) is 2.76. The third kappa shape index (κ3) is 13.7. The van der Waals surface area contributed by atoms with Gasteiger partial charge in [-0.05, 0) is 24.6 Å². The zero-order valence-corrected chi connectivity index (χ0v) is 23.2. The van der Waals surface area contributed by atoms with Gasteiger partial charge in [-0.15, -0.1) is 0 Å². The fourth-order valence-electron chi connectivity index (χ4n) is 3.72. The maximum atomic E-state index is 12.3. The van der Waals surface area contributed by atoms with Crippen LogP contribution in [0.1, 0.15) is 120 Å². The van der Waals surface area contributed by atoms with Crippen molar-refractivity contribution in [2.75, 3.05) is 0 Å². The summed E-state index contributed by atoms with van der Waals surface area (Å²) in [7, 11) is 0. The molecule has 182 valence electrons. The summed E-state index contributed by atoms with van der Waals surface area (Å²) in [6.45, 7) is 2.26. The average molecular weight is 624 g/mol. The number of amides is 2. The Balaban J connectivity index is 2.04. The highest BCUT2D eigenvalue weighted by atomic mass is 127. The highest BCUT2D eigenvalue weighted by Gasteiger charge is 2.17. The van der Waals surface area contributed by atoms with Crippen LogP contribution < -0.4 is 5.32 Å². The molecule has 0 atom stereocenters. The zero-order valence-electron chi connectivity index (χ0n) is 19.4. The Morgan fingerprint density at radius 3 is 1.72 bits per heavy atom. The van der Waals surface area contributed by atoms with Crippen LogP contribution in [0.4, 0.5) is 0 Å². The smallest absolute Gasteiger partial charge is 0.292 e. The maximum absolute atomic E-state index is 12.3. The first-order chi connectivity index (χ1) is 15.5. The maximum Gasteiger partial charge on any atom is 0.341 e. The molecule has 0 bridgehead atoms. The van der Waals surface area contributed by atoms with Crippen molar-refractivity contribution in [3.05, 3.63) is 31.8 Å². The van der Waals surface area contributed by atoms with Crippen molar-refractivity contribution in [1.82, 2.24) is 5.32 Å². The van der Waals surface area contributed by atoms with E-state index in [4.69, 9.17) is 0 Å². The SMILES string of the molecule is CCCCCCCCCCCCCCCCCC(=O)NC(=O)c1cc(Br)ccc1I(=O)=O. The van der Waals surface area contributed by atoms with Crippen molar-refractivity contribution in [2.45, 2.75) is 110 Å². The van der Waals surface area contributed by atoms with Gasteiger partial charge in [0.15, 0.2) is 0 Å². The number of rotatable bonds is 18. The summed E-state index contributed by atoms with van der Waals surface area (Å²) in [4.78, 5) is 24.3. The van der Waals surface area contributed by atoms with E-state index >= 15 is 0 Å². The van der Waals surface area contributed by atoms with Gasteiger partial charge in [0.25, 0.3) is 5.91 Å². The standard InChI is InChI=1S/C25H39BrINO4/c1-2-3-4-5-6-7-8-9-10-11-12-13-14-15-16-17-24(29)28-25(30)22-20-21(26)18-19-23(22)27(31)32/h18-20H,2-17H2,1H3,(H,28,29,30). The number of carbonyl (C=O) groups is 2. The molecule has 0 saturated heterocycles. The number of benzene rings is 1. The van der Waals surface area contributed by atoms with Crippen LogP contribution in [0.25, 0.3) is 0 Å². The molecule has 0 heterocycles. The molecule has 0 radical (unpaired) electrons. The summed E-state index contributed by atoms with van der Waals surface area (Å²) >= 11 is -0.584. The summed E-state index contributed by atoms with van der Waals surface area (Å²) < 4.78 is 23.4. The van der Waals surface area contributed by atoms with Crippen LogP contribution in [-0.4, -0.2) is 11.8 Å². The van der Waals surface area contributed by atoms with Gasteiger partial charge in [-0.1, -0.05) is 113 Å². The molecule has 1 N–H and O–H groups in total. The van der Waals surface area contributed by atoms with E-state index in [-0.39, 0.29) is 21.5 Å². The summed E-state index contributed by atoms with van der Waals surface area (Å²) in [5, 5.41) is 2.32. The fourth-order valence-corrected chi connectivity index (χ4v) is 5.43. The lowest BCUT2D eigenvalue weighted by Crippen LogP contribution is -2.30. The molecule has 0 spiro atoms. The van der Waals surface area contributed by atoms with Crippen molar-refractivity contribution in [2.24, 2.45) is 0 Å². The molecule has 32 heavy (non-hydrogen) atoms. The largest absolute Gasteiger partial charge is 0.341 e. The molecular formula is C25H39BrINO4. The first-order valence-electron chi connectivity index (χ1n) is 12.1. The quantitative estimate of drug-likeness (QED) is 0.132. The molecule has 1 rings (SSSR count). The molecule has 1 aromatic carbocycles. The molecular weight excluding hydrogens is 585 g/mol. The Labute approximate surface area is 209 Å². The number of hydrogen-bond acceptors (Lipinski definition) is 4. The first-order valence-corrected chi connectivity index (χ1v) is 15.8. The lowest BCUT2D eigenvalue weighted by Gasteiger charge is -2.06. The van der Waals surface area contributed by atoms with Crippen molar-refractivity contribution in [3.8, 4) is 0 Å². The normalized spacial score (nSPS) is 11.1. The minimum atomic E-state index is -3.81. The number of hydrogen-bond donors (Lipinski definition) is 1. The molecule has 1 aromatic rings. The van der Waals surface area contributed by atoms with E-state index in [1.165, 1.54) is 89.2 Å². The van der Waals surface area contributed by atoms with Crippen LogP contribution >= 0.6 is 35.7 Å². The third-order valence-electron chi connectivity index (χ3n) is 5.60. The Morgan fingerprint density at radius 2 is 1.25 bits per heavy atom. The van der Waals surface area contributed by atoms with E-state index in [9.17, 15) is 15.7 Å². The van der Waals surface area contributed by atoms with Gasteiger partial charge in [0, 0.05) is 10.9 Å². The van der Waals surface area contributed by atoms with Gasteiger partial charge in [0.05, 0.1) is 9.13 Å². The minimum absolute atomic E-state index is 0.00896. The van der Waals surface area contributed by atoms with E-state index in [2.05, 4.69) is 28.2 Å². The second kappa shape index (κ2) is 18.6. The second-order valence-corrected chi connectivity index (χ2v) is 11.7. The molecule has 0 aliphatic heterocycles. The van der Waals surface area contributed by atoms with Crippen LogP contribution in [0.15, 0.2) is 22.7 Å². The predicted octanol–water partition coefficient (Wildman–Crippen LogP) is 8.33. The molecule has 2 amide bonds. The van der Waals surface area contributed by atoms with Gasteiger partial charge in [-0.3, -0.25) is 14.9 Å². The van der Waals surface area contributed by atoms with Gasteiger partial charge in [0.1, 0.15) is 0 Å². The van der Waals surface area contributed by atoms with Gasteiger partial charge >= 0.3 is 19.8 Å². The predicted molar refractivity (Wildman–Crippen MR) is 140 cm³/mol. The Bertz CT molecular complexity index is 756. The summed E-state index contributed by atoms with van der Waals surface area (Å²) in [6, 6.07) is 4.40. The van der Waals surface area contributed by atoms with E-state index < -0.39 is 25.7 Å². The van der Waals surface area contributed by atoms with Crippen LogP contribution in [0.3, 0.4) is 0 Å². The van der Waals surface area contributed by atoms with Crippen LogP contribution in [0.2, 0.25) is 0 Å². The number of carbonyl (C=O) groups excluding carboxylic acids is 2. The van der Waals surface area contributed by atoms with Crippen molar-refractivity contribution >= 4 is 47.5 Å². The second-order valence-electron chi connectivity index (χ2n) is 8.42. The van der Waals surface area contributed by atoms with Crippen LogP contribution in [-0.2, 0) is 10.9 Å². The zero-order chi connectivity index (χ0) is 23.6. The monoisotopic (exact) mass is 623 g/mol. The molecule has 7 heteroatoms. The van der Waals surface area contributed by atoms with E-state index in [1.807, 2.05) is 0 Å². The Hall–Kier alpha value is -0.830. The molecule has 0 aromatic heterocycles. The van der Waals surface area contributed by atoms with Crippen LogP contribution in [0.5, 0.6) is 0 Å². The molecule has 0 aliphatic carbocycles. The number of nitrogens with one attached hydrogen (secondary N) is 1. The third-order valence-corrected chi connectivity index (χ3v) is 7.98. The summed E-state index contributed by atoms with van der Waals surface area (Å²) in [6.07, 6.45) is 19.1. The van der Waals surface area contributed by atoms with Crippen molar-refractivity contribution in [1.29, 1.82) is 0 Å². The number of imide groups is 1. The molecule has 0 aliphatic rings. The van der Waals surface area contributed by atoms with Crippen molar-refractivity contribution in [3.63, 3.8) is 0 Å². The van der Waals surface area contributed by atoms with Gasteiger partial charge in [-0.2, -0.15) is 0 Å². The highest BCUT2D eigenvalue weighted by molar-refractivity contribution is 14.2. The molecule has 0 unspecified atom stereocenters. The topological polar surface area (TPSA) is 80.3 Å². The Kier molecular flexibility index (Phi) is 17.0. The minimum Gasteiger partial charge on any atom is -0.292 e. The number of unbranched alkanes of at least 4 members (excludes halogenated alkanes) is 14. The molecule has 0 saturated carbocycles. The van der Waals surface area contributed by atoms with Gasteiger partial charge in [0.2, 0.25) is 5.91 Å². The number of halogens is 2. The lowest BCUT2D eigenvalue weighted by atomic mass is 10.0. The van der Waals surface area contributed by atoms with E-state index in [0.29, 0.717) is 4.47 Å². The van der Waals surface area contributed by atoms with E-state index in [1.54, 1.807) is 6.07 Å².